The van der Waals surface area contributed by atoms with Crippen molar-refractivity contribution in [2.75, 3.05) is 11.5 Å². The van der Waals surface area contributed by atoms with Gasteiger partial charge in [0.2, 0.25) is 0 Å². The van der Waals surface area contributed by atoms with Gasteiger partial charge in [-0.3, -0.25) is 18.7 Å². The molecular formula is C14H12N2Na2O8S2. The van der Waals surface area contributed by atoms with Gasteiger partial charge in [0.25, 0.3) is 20.2 Å². The van der Waals surface area contributed by atoms with Crippen LogP contribution in [-0.2, 0) is 20.2 Å². The van der Waals surface area contributed by atoms with Gasteiger partial charge in [0.15, 0.2) is 11.6 Å². The zero-order valence-electron chi connectivity index (χ0n) is 16.6. The Morgan fingerprint density at radius 2 is 1.00 bits per heavy atom. The minimum absolute atomic E-state index is 0. The molecule has 10 nitrogen and oxygen atoms in total. The Labute approximate surface area is 206 Å². The Bertz CT molecular complexity index is 1160. The van der Waals surface area contributed by atoms with Crippen LogP contribution in [0, 0.1) is 0 Å². The fourth-order valence-corrected chi connectivity index (χ4v) is 4.95. The Kier molecular flexibility index (Phi) is 7.34. The van der Waals surface area contributed by atoms with Gasteiger partial charge in [-0.15, -0.1) is 0 Å². The standard InChI is InChI=1S/C14H10N2O8S2.2Na.2H/c15-9-7-8(12(18)6-4-2-1-3-5(6)11(7)17)10(16)14(26(22,23)24)13(9)25(19,20)21;;;;/h1-4H,15-16H2,(H,19,20,21)(H,22,23,24);;;;/q;2*+1;2*-1. The Morgan fingerprint density at radius 3 is 1.25 bits per heavy atom. The van der Waals surface area contributed by atoms with Crippen LogP contribution in [0.15, 0.2) is 34.1 Å². The molecule has 0 bridgehead atoms. The quantitative estimate of drug-likeness (QED) is 0.167. The smallest absolute Gasteiger partial charge is 1.00 e. The maximum Gasteiger partial charge on any atom is 1.00 e. The molecular weight excluding hydrogens is 434 g/mol. The predicted molar refractivity (Wildman–Crippen MR) is 90.4 cm³/mol. The van der Waals surface area contributed by atoms with Crippen molar-refractivity contribution in [1.82, 2.24) is 0 Å². The number of carbonyl (C=O) groups is 2. The average Bonchev–Trinajstić information content (AvgIpc) is 2.51. The second-order valence-corrected chi connectivity index (χ2v) is 8.11. The minimum atomic E-state index is -5.33. The second-order valence-electron chi connectivity index (χ2n) is 5.39. The molecule has 140 valence electrons. The summed E-state index contributed by atoms with van der Waals surface area (Å²) in [5.41, 5.74) is 7.72. The largest absolute Gasteiger partial charge is 1.00 e. The van der Waals surface area contributed by atoms with Gasteiger partial charge in [0.05, 0.1) is 22.5 Å². The second kappa shape index (κ2) is 8.14. The fourth-order valence-electron chi connectivity index (χ4n) is 2.87. The number of carbonyl (C=O) groups excluding carboxylic acids is 2. The van der Waals surface area contributed by atoms with Gasteiger partial charge in [-0.2, -0.15) is 16.8 Å². The van der Waals surface area contributed by atoms with Crippen LogP contribution < -0.4 is 70.6 Å². The van der Waals surface area contributed by atoms with Gasteiger partial charge in [-0.1, -0.05) is 24.3 Å². The summed E-state index contributed by atoms with van der Waals surface area (Å²) >= 11 is 0. The number of fused-ring (bicyclic) bond motifs is 2. The molecule has 1 aliphatic carbocycles. The van der Waals surface area contributed by atoms with E-state index >= 15 is 0 Å². The predicted octanol–water partition coefficient (Wildman–Crippen LogP) is -5.65. The zero-order valence-corrected chi connectivity index (χ0v) is 20.3. The van der Waals surface area contributed by atoms with Crippen molar-refractivity contribution >= 4 is 43.2 Å². The minimum Gasteiger partial charge on any atom is -1.00 e. The summed E-state index contributed by atoms with van der Waals surface area (Å²) in [5, 5.41) is 0. The summed E-state index contributed by atoms with van der Waals surface area (Å²) in [4.78, 5) is 22.5. The summed E-state index contributed by atoms with van der Waals surface area (Å²) < 4.78 is 65.3. The molecule has 14 heteroatoms. The van der Waals surface area contributed by atoms with Crippen LogP contribution in [0.25, 0.3) is 0 Å². The molecule has 0 aromatic heterocycles. The van der Waals surface area contributed by atoms with Crippen LogP contribution in [0.4, 0.5) is 11.4 Å². The first-order chi connectivity index (χ1) is 11.9. The first-order valence-electron chi connectivity index (χ1n) is 6.75. The van der Waals surface area contributed by atoms with Gasteiger partial charge in [-0.25, -0.2) is 0 Å². The third-order valence-corrected chi connectivity index (χ3v) is 5.88. The van der Waals surface area contributed by atoms with E-state index in [0.29, 0.717) is 0 Å². The number of anilines is 2. The Balaban J connectivity index is 0. The molecule has 6 N–H and O–H groups in total. The number of rotatable bonds is 2. The average molecular weight is 446 g/mol. The zero-order chi connectivity index (χ0) is 19.6. The van der Waals surface area contributed by atoms with Crippen molar-refractivity contribution in [3.63, 3.8) is 0 Å². The summed E-state index contributed by atoms with van der Waals surface area (Å²) in [6, 6.07) is 5.48. The van der Waals surface area contributed by atoms with Crippen molar-refractivity contribution in [2.45, 2.75) is 9.79 Å². The van der Waals surface area contributed by atoms with Crippen molar-refractivity contribution in [1.29, 1.82) is 0 Å². The van der Waals surface area contributed by atoms with Gasteiger partial charge in [0.1, 0.15) is 9.79 Å². The number of nitrogen functional groups attached to an aromatic ring is 2. The van der Waals surface area contributed by atoms with Crippen molar-refractivity contribution in [3.05, 3.63) is 46.5 Å². The van der Waals surface area contributed by atoms with Gasteiger partial charge >= 0.3 is 59.1 Å². The molecule has 28 heavy (non-hydrogen) atoms. The number of nitrogens with two attached hydrogens (primary N) is 2. The Morgan fingerprint density at radius 1 is 0.714 bits per heavy atom. The Hall–Kier alpha value is -0.800. The summed E-state index contributed by atoms with van der Waals surface area (Å²) in [6.07, 6.45) is 0. The van der Waals surface area contributed by atoms with Gasteiger partial charge in [0, 0.05) is 11.1 Å². The molecule has 0 atom stereocenters. The molecule has 0 unspecified atom stereocenters. The molecule has 0 fully saturated rings. The molecule has 0 spiro atoms. The molecule has 0 amide bonds. The van der Waals surface area contributed by atoms with E-state index in [2.05, 4.69) is 0 Å². The third kappa shape index (κ3) is 3.81. The molecule has 0 saturated carbocycles. The number of hydrogen-bond acceptors (Lipinski definition) is 8. The number of benzene rings is 2. The fraction of sp³-hybridized carbons (Fsp3) is 0. The van der Waals surface area contributed by atoms with Crippen molar-refractivity contribution < 1.29 is 97.5 Å². The maximum atomic E-state index is 12.7. The third-order valence-electron chi connectivity index (χ3n) is 3.87. The van der Waals surface area contributed by atoms with E-state index < -0.39 is 64.1 Å². The summed E-state index contributed by atoms with van der Waals surface area (Å²) in [7, 11) is -10.7. The van der Waals surface area contributed by atoms with Gasteiger partial charge < -0.3 is 14.3 Å². The molecule has 2 aromatic carbocycles. The molecule has 0 aliphatic heterocycles. The SMILES string of the molecule is Nc1c2c(c(N)c(S(=O)(=O)O)c1S(=O)(=O)O)C(=O)c1ccccc1C2=O.[H-].[H-].[Na+].[Na+]. The molecule has 0 heterocycles. The van der Waals surface area contributed by atoms with Crippen LogP contribution in [-0.4, -0.2) is 37.5 Å². The van der Waals surface area contributed by atoms with Crippen LogP contribution in [0.5, 0.6) is 0 Å². The van der Waals surface area contributed by atoms with E-state index in [1.807, 2.05) is 0 Å². The number of ketones is 2. The van der Waals surface area contributed by atoms with E-state index in [1.54, 1.807) is 0 Å². The van der Waals surface area contributed by atoms with Crippen molar-refractivity contribution in [2.24, 2.45) is 0 Å². The van der Waals surface area contributed by atoms with E-state index in [0.717, 1.165) is 0 Å². The first-order valence-corrected chi connectivity index (χ1v) is 9.63. The summed E-state index contributed by atoms with van der Waals surface area (Å²) in [5.74, 6) is -1.77. The van der Waals surface area contributed by atoms with Crippen molar-refractivity contribution in [3.8, 4) is 0 Å². The van der Waals surface area contributed by atoms with Crippen LogP contribution in [0.3, 0.4) is 0 Å². The normalized spacial score (nSPS) is 13.1. The molecule has 0 saturated heterocycles. The van der Waals surface area contributed by atoms with Gasteiger partial charge in [-0.05, 0) is 0 Å². The van der Waals surface area contributed by atoms with E-state index in [1.165, 1.54) is 24.3 Å². The molecule has 0 radical (unpaired) electrons. The monoisotopic (exact) mass is 446 g/mol. The topological polar surface area (TPSA) is 195 Å². The summed E-state index contributed by atoms with van der Waals surface area (Å²) in [6.45, 7) is 0. The van der Waals surface area contributed by atoms with E-state index in [-0.39, 0.29) is 73.1 Å². The van der Waals surface area contributed by atoms with Crippen LogP contribution in [0.2, 0.25) is 0 Å². The first kappa shape index (κ1) is 25.2. The van der Waals surface area contributed by atoms with Crippen LogP contribution in [0.1, 0.15) is 34.7 Å². The van der Waals surface area contributed by atoms with E-state index in [9.17, 15) is 35.5 Å². The molecule has 2 aromatic rings. The number of hydrogen-bond donors (Lipinski definition) is 4. The van der Waals surface area contributed by atoms with Crippen LogP contribution >= 0.6 is 0 Å². The van der Waals surface area contributed by atoms with E-state index in [4.69, 9.17) is 11.5 Å². The molecule has 1 aliphatic rings. The molecule has 3 rings (SSSR count). The maximum absolute atomic E-state index is 12.7.